The van der Waals surface area contributed by atoms with E-state index in [9.17, 15) is 0 Å². The molecule has 0 aliphatic heterocycles. The lowest BCUT2D eigenvalue weighted by Gasteiger charge is -2.38. The molecule has 0 radical (unpaired) electrons. The summed E-state index contributed by atoms with van der Waals surface area (Å²) in [5.41, 5.74) is 7.77. The van der Waals surface area contributed by atoms with Gasteiger partial charge in [-0.1, -0.05) is 18.5 Å². The van der Waals surface area contributed by atoms with E-state index in [-0.39, 0.29) is 5.84 Å². The number of hydrogen-bond donors (Lipinski definition) is 3. The molecule has 5 heteroatoms. The monoisotopic (exact) mass is 277 g/mol. The second-order valence-corrected chi connectivity index (χ2v) is 5.78. The molecule has 0 saturated heterocycles. The van der Waals surface area contributed by atoms with Gasteiger partial charge in [-0.2, -0.15) is 0 Å². The number of oxime groups is 1. The van der Waals surface area contributed by atoms with Crippen molar-refractivity contribution in [3.05, 3.63) is 29.3 Å². The molecule has 0 heterocycles. The smallest absolute Gasteiger partial charge is 0.170 e. The van der Waals surface area contributed by atoms with E-state index in [0.29, 0.717) is 17.5 Å². The molecular weight excluding hydrogens is 254 g/mol. The number of nitrogens with one attached hydrogen (secondary N) is 1. The van der Waals surface area contributed by atoms with Gasteiger partial charge in [0.2, 0.25) is 0 Å². The van der Waals surface area contributed by atoms with Gasteiger partial charge in [0.1, 0.15) is 5.75 Å². The minimum absolute atomic E-state index is 0.111. The van der Waals surface area contributed by atoms with Gasteiger partial charge in [-0.3, -0.25) is 0 Å². The van der Waals surface area contributed by atoms with E-state index in [1.165, 1.54) is 19.3 Å². The molecule has 0 spiro atoms. The average Bonchev–Trinajstić information content (AvgIpc) is 2.44. The van der Waals surface area contributed by atoms with Gasteiger partial charge in [-0.15, -0.1) is 0 Å². The van der Waals surface area contributed by atoms with Crippen LogP contribution in [0.4, 0.5) is 0 Å². The predicted molar refractivity (Wildman–Crippen MR) is 79.2 cm³/mol. The molecular formula is C15H23N3O2. The number of nitrogens with zero attached hydrogens (tertiary/aromatic N) is 1. The highest BCUT2D eigenvalue weighted by Crippen LogP contribution is 2.39. The first-order valence-electron chi connectivity index (χ1n) is 6.93. The quantitative estimate of drug-likeness (QED) is 0.322. The predicted octanol–water partition coefficient (Wildman–Crippen LogP) is 2.07. The average molecular weight is 277 g/mol. The zero-order valence-corrected chi connectivity index (χ0v) is 12.1. The van der Waals surface area contributed by atoms with Gasteiger partial charge in [0.15, 0.2) is 5.84 Å². The number of rotatable bonds is 6. The molecule has 0 unspecified atom stereocenters. The first-order valence-corrected chi connectivity index (χ1v) is 6.93. The van der Waals surface area contributed by atoms with Crippen molar-refractivity contribution in [3.8, 4) is 5.75 Å². The van der Waals surface area contributed by atoms with E-state index < -0.39 is 0 Å². The normalized spacial score (nSPS) is 17.6. The lowest BCUT2D eigenvalue weighted by atomic mass is 9.70. The van der Waals surface area contributed by atoms with E-state index in [1.54, 1.807) is 13.2 Å². The van der Waals surface area contributed by atoms with Crippen LogP contribution in [0.2, 0.25) is 0 Å². The minimum Gasteiger partial charge on any atom is -0.496 e. The Morgan fingerprint density at radius 1 is 1.50 bits per heavy atom. The van der Waals surface area contributed by atoms with Crippen LogP contribution in [-0.4, -0.2) is 24.7 Å². The summed E-state index contributed by atoms with van der Waals surface area (Å²) < 4.78 is 5.35. The van der Waals surface area contributed by atoms with Gasteiger partial charge < -0.3 is 21.0 Å². The van der Waals surface area contributed by atoms with Crippen LogP contribution in [0.5, 0.6) is 5.75 Å². The Balaban J connectivity index is 2.04. The number of ether oxygens (including phenoxy) is 1. The standard InChI is InChI=1S/C15H23N3O2/c1-15(6-3-7-15)10-17-9-12-8-11(14(16)18-19)4-5-13(12)20-2/h4-5,8,17,19H,3,6-7,9-10H2,1-2H3,(H2,16,18). The maximum absolute atomic E-state index is 8.74. The topological polar surface area (TPSA) is 79.9 Å². The SMILES string of the molecule is COc1ccc(/C(N)=N/O)cc1CNCC1(C)CCC1. The molecule has 1 aromatic rings. The maximum atomic E-state index is 8.74. The van der Waals surface area contributed by atoms with Crippen LogP contribution in [0, 0.1) is 5.41 Å². The molecule has 4 N–H and O–H groups in total. The van der Waals surface area contributed by atoms with Crippen LogP contribution in [0.15, 0.2) is 23.4 Å². The summed E-state index contributed by atoms with van der Waals surface area (Å²) in [5, 5.41) is 15.3. The third-order valence-corrected chi connectivity index (χ3v) is 4.11. The molecule has 5 nitrogen and oxygen atoms in total. The Morgan fingerprint density at radius 2 is 2.25 bits per heavy atom. The fourth-order valence-corrected chi connectivity index (χ4v) is 2.59. The molecule has 0 aromatic heterocycles. The molecule has 1 aromatic carbocycles. The second kappa shape index (κ2) is 6.13. The molecule has 110 valence electrons. The van der Waals surface area contributed by atoms with Gasteiger partial charge in [0, 0.05) is 24.2 Å². The second-order valence-electron chi connectivity index (χ2n) is 5.78. The van der Waals surface area contributed by atoms with Gasteiger partial charge in [-0.25, -0.2) is 0 Å². The molecule has 20 heavy (non-hydrogen) atoms. The van der Waals surface area contributed by atoms with E-state index in [1.807, 2.05) is 12.1 Å². The summed E-state index contributed by atoms with van der Waals surface area (Å²) in [6.45, 7) is 4.03. The van der Waals surface area contributed by atoms with E-state index >= 15 is 0 Å². The summed E-state index contributed by atoms with van der Waals surface area (Å²) in [4.78, 5) is 0. The van der Waals surface area contributed by atoms with Crippen molar-refractivity contribution in [2.45, 2.75) is 32.7 Å². The molecule has 1 fully saturated rings. The van der Waals surface area contributed by atoms with Crippen molar-refractivity contribution in [2.24, 2.45) is 16.3 Å². The number of nitrogens with two attached hydrogens (primary N) is 1. The van der Waals surface area contributed by atoms with Gasteiger partial charge >= 0.3 is 0 Å². The molecule has 0 atom stereocenters. The summed E-state index contributed by atoms with van der Waals surface area (Å²) in [6, 6.07) is 5.52. The van der Waals surface area contributed by atoms with E-state index in [0.717, 1.165) is 17.9 Å². The van der Waals surface area contributed by atoms with Crippen molar-refractivity contribution >= 4 is 5.84 Å². The lowest BCUT2D eigenvalue weighted by Crippen LogP contribution is -2.37. The highest BCUT2D eigenvalue weighted by molar-refractivity contribution is 5.97. The summed E-state index contributed by atoms with van der Waals surface area (Å²) >= 11 is 0. The maximum Gasteiger partial charge on any atom is 0.170 e. The first-order chi connectivity index (χ1) is 9.58. The molecule has 0 bridgehead atoms. The molecule has 2 rings (SSSR count). The fourth-order valence-electron chi connectivity index (χ4n) is 2.59. The van der Waals surface area contributed by atoms with Crippen LogP contribution >= 0.6 is 0 Å². The van der Waals surface area contributed by atoms with Crippen LogP contribution in [0.1, 0.15) is 37.3 Å². The largest absolute Gasteiger partial charge is 0.496 e. The highest BCUT2D eigenvalue weighted by atomic mass is 16.5. The number of benzene rings is 1. The third kappa shape index (κ3) is 3.22. The zero-order valence-electron chi connectivity index (χ0n) is 12.1. The van der Waals surface area contributed by atoms with Gasteiger partial charge in [0.05, 0.1) is 7.11 Å². The van der Waals surface area contributed by atoms with E-state index in [4.69, 9.17) is 15.7 Å². The Hall–Kier alpha value is -1.75. The number of amidine groups is 1. The fraction of sp³-hybridized carbons (Fsp3) is 0.533. The van der Waals surface area contributed by atoms with Crippen molar-refractivity contribution in [1.29, 1.82) is 0 Å². The van der Waals surface area contributed by atoms with Crippen LogP contribution in [-0.2, 0) is 6.54 Å². The van der Waals surface area contributed by atoms with Crippen molar-refractivity contribution in [1.82, 2.24) is 5.32 Å². The Bertz CT molecular complexity index is 496. The third-order valence-electron chi connectivity index (χ3n) is 4.11. The molecule has 1 aliphatic rings. The van der Waals surface area contributed by atoms with Crippen LogP contribution in [0.3, 0.4) is 0 Å². The summed E-state index contributed by atoms with van der Waals surface area (Å²) in [6.07, 6.45) is 3.92. The Labute approximate surface area is 119 Å². The molecule has 0 amide bonds. The van der Waals surface area contributed by atoms with Crippen molar-refractivity contribution < 1.29 is 9.94 Å². The summed E-state index contributed by atoms with van der Waals surface area (Å²) in [7, 11) is 1.65. The lowest BCUT2D eigenvalue weighted by molar-refractivity contribution is 0.156. The van der Waals surface area contributed by atoms with Crippen LogP contribution in [0.25, 0.3) is 0 Å². The Kier molecular flexibility index (Phi) is 4.49. The van der Waals surface area contributed by atoms with Gasteiger partial charge in [-0.05, 0) is 36.5 Å². The van der Waals surface area contributed by atoms with Crippen molar-refractivity contribution in [3.63, 3.8) is 0 Å². The van der Waals surface area contributed by atoms with Crippen molar-refractivity contribution in [2.75, 3.05) is 13.7 Å². The minimum atomic E-state index is 0.111. The highest BCUT2D eigenvalue weighted by Gasteiger charge is 2.30. The van der Waals surface area contributed by atoms with Crippen LogP contribution < -0.4 is 15.8 Å². The molecule has 1 aliphatic carbocycles. The Morgan fingerprint density at radius 3 is 2.80 bits per heavy atom. The van der Waals surface area contributed by atoms with E-state index in [2.05, 4.69) is 17.4 Å². The summed E-state index contributed by atoms with van der Waals surface area (Å²) in [5.74, 6) is 0.922. The number of hydrogen-bond acceptors (Lipinski definition) is 4. The molecule has 1 saturated carbocycles. The first kappa shape index (κ1) is 14.7. The van der Waals surface area contributed by atoms with Gasteiger partial charge in [0.25, 0.3) is 0 Å². The zero-order chi connectivity index (χ0) is 14.6. The number of methoxy groups -OCH3 is 1.